The summed E-state index contributed by atoms with van der Waals surface area (Å²) in [6, 6.07) is 6.98. The van der Waals surface area contributed by atoms with Gasteiger partial charge in [-0.3, -0.25) is 4.79 Å². The Morgan fingerprint density at radius 3 is 2.56 bits per heavy atom. The molecule has 1 aromatic rings. The number of ether oxygens (including phenoxy) is 2. The van der Waals surface area contributed by atoms with Gasteiger partial charge in [-0.1, -0.05) is 22.6 Å². The van der Waals surface area contributed by atoms with Gasteiger partial charge < -0.3 is 9.47 Å². The predicted molar refractivity (Wildman–Crippen MR) is 91.5 cm³/mol. The zero-order valence-corrected chi connectivity index (χ0v) is 15.3. The zero-order valence-electron chi connectivity index (χ0n) is 14.5. The molecule has 1 aromatic carbocycles. The van der Waals surface area contributed by atoms with Crippen LogP contribution in [0, 0.1) is 5.92 Å². The number of carbonyl (C=O) groups is 2. The lowest BCUT2D eigenvalue weighted by Gasteiger charge is -2.40. The molecule has 144 valence electrons. The van der Waals surface area contributed by atoms with Crippen LogP contribution in [0.4, 0.5) is 0 Å². The fourth-order valence-electron chi connectivity index (χ4n) is 3.91. The first kappa shape index (κ1) is 19.2. The molecule has 0 unspecified atom stereocenters. The second kappa shape index (κ2) is 7.59. The van der Waals surface area contributed by atoms with Crippen LogP contribution in [0.5, 0.6) is 0 Å². The summed E-state index contributed by atoms with van der Waals surface area (Å²) < 4.78 is 38.9. The Morgan fingerprint density at radius 2 is 1.93 bits per heavy atom. The largest absolute Gasteiger partial charge is 0.469 e. The number of isocyanates is 1. The van der Waals surface area contributed by atoms with Crippen LogP contribution < -0.4 is 0 Å². The number of hydrogen-bond donors (Lipinski definition) is 0. The summed E-state index contributed by atoms with van der Waals surface area (Å²) in [5.41, 5.74) is 0.328. The topological polar surface area (TPSA) is 119 Å². The van der Waals surface area contributed by atoms with Gasteiger partial charge in [-0.2, -0.15) is 12.7 Å². The SMILES string of the molecule is COC(=O)[C@H]1[C@@H](OC(=O)c2ccccc2)C[C@@H]2CC[C@H]1N2S(=O)(=O)N=C=O. The molecule has 10 heteroatoms. The Balaban J connectivity index is 1.90. The molecule has 3 rings (SSSR count). The minimum atomic E-state index is -4.26. The van der Waals surface area contributed by atoms with Crippen molar-refractivity contribution in [3.8, 4) is 0 Å². The van der Waals surface area contributed by atoms with E-state index in [4.69, 9.17) is 9.47 Å². The first-order valence-corrected chi connectivity index (χ1v) is 9.75. The number of esters is 2. The summed E-state index contributed by atoms with van der Waals surface area (Å²) in [4.78, 5) is 35.3. The molecule has 2 heterocycles. The molecule has 0 radical (unpaired) electrons. The molecule has 4 atom stereocenters. The van der Waals surface area contributed by atoms with Crippen LogP contribution in [0.2, 0.25) is 0 Å². The minimum absolute atomic E-state index is 0.114. The number of rotatable bonds is 5. The van der Waals surface area contributed by atoms with Crippen molar-refractivity contribution >= 4 is 28.2 Å². The van der Waals surface area contributed by atoms with Gasteiger partial charge in [0.2, 0.25) is 0 Å². The first-order chi connectivity index (χ1) is 12.9. The van der Waals surface area contributed by atoms with Crippen molar-refractivity contribution in [1.29, 1.82) is 0 Å². The van der Waals surface area contributed by atoms with Crippen molar-refractivity contribution in [3.05, 3.63) is 35.9 Å². The van der Waals surface area contributed by atoms with E-state index >= 15 is 0 Å². The van der Waals surface area contributed by atoms with Gasteiger partial charge >= 0.3 is 22.1 Å². The summed E-state index contributed by atoms with van der Waals surface area (Å²) in [6.45, 7) is 0. The molecule has 0 aliphatic carbocycles. The van der Waals surface area contributed by atoms with E-state index in [9.17, 15) is 22.8 Å². The van der Waals surface area contributed by atoms with Gasteiger partial charge in [0.1, 0.15) is 12.0 Å². The van der Waals surface area contributed by atoms with E-state index in [0.717, 1.165) is 10.4 Å². The molecule has 27 heavy (non-hydrogen) atoms. The number of hydrogen-bond acceptors (Lipinski definition) is 7. The Bertz CT molecular complexity index is 880. The average Bonchev–Trinajstić information content (AvgIpc) is 2.98. The summed E-state index contributed by atoms with van der Waals surface area (Å²) >= 11 is 0. The van der Waals surface area contributed by atoms with Gasteiger partial charge in [0.25, 0.3) is 6.08 Å². The van der Waals surface area contributed by atoms with Crippen LogP contribution >= 0.6 is 0 Å². The summed E-state index contributed by atoms with van der Waals surface area (Å²) in [6.07, 6.45) is 1.15. The molecule has 0 aromatic heterocycles. The number of benzene rings is 1. The van der Waals surface area contributed by atoms with Crippen molar-refractivity contribution in [1.82, 2.24) is 4.31 Å². The second-order valence-corrected chi connectivity index (χ2v) is 7.88. The quantitative estimate of drug-likeness (QED) is 0.412. The van der Waals surface area contributed by atoms with E-state index in [-0.39, 0.29) is 6.42 Å². The standard InChI is InChI=1S/C17H18N2O7S/c1-25-17(22)15-13-8-7-12(19(13)27(23,24)18-10-20)9-14(15)26-16(21)11-5-3-2-4-6-11/h2-6,12-15H,7-9H2,1H3/t12-,13+,14-,15+/m0/s1. The Labute approximate surface area is 156 Å². The molecular weight excluding hydrogens is 376 g/mol. The molecule has 2 bridgehead atoms. The molecular formula is C17H18N2O7S. The van der Waals surface area contributed by atoms with E-state index in [1.807, 2.05) is 0 Å². The van der Waals surface area contributed by atoms with Crippen LogP contribution in [0.3, 0.4) is 0 Å². The fourth-order valence-corrected chi connectivity index (χ4v) is 5.25. The highest BCUT2D eigenvalue weighted by Gasteiger charge is 2.56. The van der Waals surface area contributed by atoms with Gasteiger partial charge in [-0.05, 0) is 25.0 Å². The lowest BCUT2D eigenvalue weighted by molar-refractivity contribution is -0.154. The van der Waals surface area contributed by atoms with Crippen molar-refractivity contribution in [2.45, 2.75) is 37.5 Å². The number of methoxy groups -OCH3 is 1. The fraction of sp³-hybridized carbons (Fsp3) is 0.471. The highest BCUT2D eigenvalue weighted by atomic mass is 32.2. The predicted octanol–water partition coefficient (Wildman–Crippen LogP) is 0.819. The molecule has 0 spiro atoms. The van der Waals surface area contributed by atoms with Crippen LogP contribution in [0.1, 0.15) is 29.6 Å². The summed E-state index contributed by atoms with van der Waals surface area (Å²) in [5, 5.41) is 0. The van der Waals surface area contributed by atoms with E-state index in [1.165, 1.54) is 7.11 Å². The van der Waals surface area contributed by atoms with Crippen molar-refractivity contribution in [3.63, 3.8) is 0 Å². The van der Waals surface area contributed by atoms with E-state index < -0.39 is 46.3 Å². The van der Waals surface area contributed by atoms with Crippen LogP contribution in [0.15, 0.2) is 34.7 Å². The van der Waals surface area contributed by atoms with E-state index in [2.05, 4.69) is 4.40 Å². The van der Waals surface area contributed by atoms with Gasteiger partial charge in [-0.15, -0.1) is 0 Å². The average molecular weight is 394 g/mol. The van der Waals surface area contributed by atoms with Gasteiger partial charge in [-0.25, -0.2) is 9.59 Å². The van der Waals surface area contributed by atoms with Crippen LogP contribution in [-0.4, -0.2) is 56.0 Å². The van der Waals surface area contributed by atoms with Crippen molar-refractivity contribution in [2.24, 2.45) is 10.3 Å². The molecule has 2 aliphatic heterocycles. The van der Waals surface area contributed by atoms with E-state index in [1.54, 1.807) is 30.3 Å². The maximum atomic E-state index is 12.4. The molecule has 0 saturated carbocycles. The molecule has 2 aliphatic rings. The Morgan fingerprint density at radius 1 is 1.22 bits per heavy atom. The number of carbonyl (C=O) groups excluding carboxylic acids is 3. The third-order valence-corrected chi connectivity index (χ3v) is 6.37. The highest BCUT2D eigenvalue weighted by Crippen LogP contribution is 2.43. The maximum Gasteiger partial charge on any atom is 0.338 e. The summed E-state index contributed by atoms with van der Waals surface area (Å²) in [5.74, 6) is -2.28. The van der Waals surface area contributed by atoms with Crippen LogP contribution in [-0.2, 0) is 29.3 Å². The first-order valence-electron chi connectivity index (χ1n) is 8.35. The minimum Gasteiger partial charge on any atom is -0.469 e. The number of nitrogens with zero attached hydrogens (tertiary/aromatic N) is 2. The number of piperidine rings is 1. The lowest BCUT2D eigenvalue weighted by Crippen LogP contribution is -2.56. The molecule has 2 saturated heterocycles. The Kier molecular flexibility index (Phi) is 5.41. The molecule has 0 amide bonds. The molecule has 0 N–H and O–H groups in total. The van der Waals surface area contributed by atoms with Crippen molar-refractivity contribution in [2.75, 3.05) is 7.11 Å². The summed E-state index contributed by atoms with van der Waals surface area (Å²) in [7, 11) is -3.08. The zero-order chi connectivity index (χ0) is 19.6. The Hall–Kier alpha value is -2.55. The van der Waals surface area contributed by atoms with Gasteiger partial charge in [0, 0.05) is 18.5 Å². The van der Waals surface area contributed by atoms with Crippen molar-refractivity contribution < 1.29 is 32.3 Å². The van der Waals surface area contributed by atoms with E-state index in [0.29, 0.717) is 18.4 Å². The smallest absolute Gasteiger partial charge is 0.338 e. The lowest BCUT2D eigenvalue weighted by atomic mass is 9.89. The van der Waals surface area contributed by atoms with Crippen LogP contribution in [0.25, 0.3) is 0 Å². The van der Waals surface area contributed by atoms with Gasteiger partial charge in [0.15, 0.2) is 0 Å². The highest BCUT2D eigenvalue weighted by molar-refractivity contribution is 7.87. The molecule has 9 nitrogen and oxygen atoms in total. The second-order valence-electron chi connectivity index (χ2n) is 6.38. The maximum absolute atomic E-state index is 12.4. The third-order valence-electron chi connectivity index (χ3n) is 4.96. The monoisotopic (exact) mass is 394 g/mol. The van der Waals surface area contributed by atoms with Gasteiger partial charge in [0.05, 0.1) is 12.7 Å². The third kappa shape index (κ3) is 3.64. The molecule has 2 fully saturated rings. The normalized spacial score (nSPS) is 27.4. The number of fused-ring (bicyclic) bond motifs is 2.